The van der Waals surface area contributed by atoms with Crippen molar-refractivity contribution in [3.05, 3.63) is 101 Å². The summed E-state index contributed by atoms with van der Waals surface area (Å²) in [6.07, 6.45) is 3.13. The number of likely N-dealkylation sites (tertiary alicyclic amines) is 1. The maximum absolute atomic E-state index is 15.5. The number of halogens is 1. The number of oxazole rings is 1. The Balaban J connectivity index is 1.69. The van der Waals surface area contributed by atoms with E-state index >= 15 is 4.79 Å². The highest BCUT2D eigenvalue weighted by atomic mass is 35.5. The lowest BCUT2D eigenvalue weighted by atomic mass is 9.80. The van der Waals surface area contributed by atoms with Gasteiger partial charge in [0, 0.05) is 36.3 Å². The second-order valence-electron chi connectivity index (χ2n) is 11.5. The van der Waals surface area contributed by atoms with Crippen LogP contribution in [0.4, 0.5) is 5.69 Å². The summed E-state index contributed by atoms with van der Waals surface area (Å²) in [6, 6.07) is 15.8. The molecule has 11 nitrogen and oxygen atoms in total. The lowest BCUT2D eigenvalue weighted by Gasteiger charge is -2.41. The van der Waals surface area contributed by atoms with E-state index < -0.39 is 27.5 Å². The molecule has 0 spiro atoms. The van der Waals surface area contributed by atoms with E-state index in [1.165, 1.54) is 32.6 Å². The van der Waals surface area contributed by atoms with Gasteiger partial charge in [0.25, 0.3) is 15.9 Å². The third kappa shape index (κ3) is 5.14. The molecule has 3 aromatic carbocycles. The fourth-order valence-electron chi connectivity index (χ4n) is 6.60. The zero-order valence-corrected chi connectivity index (χ0v) is 27.7. The quantitative estimate of drug-likeness (QED) is 0.233. The molecule has 1 aromatic heterocycles. The molecule has 46 heavy (non-hydrogen) atoms. The number of fused-ring (bicyclic) bond motifs is 1. The van der Waals surface area contributed by atoms with E-state index in [0.717, 1.165) is 9.87 Å². The van der Waals surface area contributed by atoms with Gasteiger partial charge in [0.2, 0.25) is 5.89 Å². The number of rotatable bonds is 10. The minimum atomic E-state index is -4.45. The number of methoxy groups -OCH3 is 3. The number of amides is 1. The molecule has 13 heteroatoms. The highest BCUT2D eigenvalue weighted by molar-refractivity contribution is 7.93. The van der Waals surface area contributed by atoms with Crippen LogP contribution in [0.25, 0.3) is 0 Å². The number of carbonyl (C=O) groups excluding carboxylic acids is 1. The van der Waals surface area contributed by atoms with Crippen LogP contribution in [-0.2, 0) is 31.6 Å². The van der Waals surface area contributed by atoms with Crippen molar-refractivity contribution in [2.75, 3.05) is 46.3 Å². The zero-order chi connectivity index (χ0) is 32.8. The van der Waals surface area contributed by atoms with Gasteiger partial charge in [0.05, 0.1) is 43.1 Å². The number of hydrogen-bond donors (Lipinski definition) is 0. The first-order valence-electron chi connectivity index (χ1n) is 14.6. The van der Waals surface area contributed by atoms with Crippen LogP contribution in [0.2, 0.25) is 5.02 Å². The van der Waals surface area contributed by atoms with E-state index in [9.17, 15) is 8.42 Å². The number of ether oxygens (including phenoxy) is 3. The molecule has 1 amide bonds. The fourth-order valence-corrected chi connectivity index (χ4v) is 8.24. The van der Waals surface area contributed by atoms with Gasteiger partial charge < -0.3 is 23.5 Å². The fraction of sp³-hybridized carbons (Fsp3) is 0.333. The normalized spacial score (nSPS) is 21.6. The Morgan fingerprint density at radius 3 is 2.41 bits per heavy atom. The summed E-state index contributed by atoms with van der Waals surface area (Å²) in [5.74, 6) is 0.536. The lowest BCUT2D eigenvalue weighted by molar-refractivity contribution is -0.127. The highest BCUT2D eigenvalue weighted by Crippen LogP contribution is 2.57. The summed E-state index contributed by atoms with van der Waals surface area (Å²) in [7, 11) is 4.06. The van der Waals surface area contributed by atoms with Crippen LogP contribution >= 0.6 is 11.6 Å². The van der Waals surface area contributed by atoms with Crippen LogP contribution in [0.5, 0.6) is 11.5 Å². The molecule has 2 aliphatic heterocycles. The van der Waals surface area contributed by atoms with Crippen molar-refractivity contribution in [3.8, 4) is 11.5 Å². The summed E-state index contributed by atoms with van der Waals surface area (Å²) >= 11 is 6.67. The molecule has 3 heterocycles. The molecule has 2 aliphatic rings. The van der Waals surface area contributed by atoms with Crippen molar-refractivity contribution in [3.63, 3.8) is 0 Å². The molecule has 1 fully saturated rings. The molecule has 6 rings (SSSR count). The maximum atomic E-state index is 15.5. The summed E-state index contributed by atoms with van der Waals surface area (Å²) in [4.78, 5) is 23.8. The Morgan fingerprint density at radius 1 is 1.02 bits per heavy atom. The molecule has 3 unspecified atom stereocenters. The maximum Gasteiger partial charge on any atom is 0.271 e. The molecule has 0 N–H and O–H groups in total. The monoisotopic (exact) mass is 666 g/mol. The molecule has 0 radical (unpaired) electrons. The summed E-state index contributed by atoms with van der Waals surface area (Å²) in [5.41, 5.74) is 0.166. The average Bonchev–Trinajstić information content (AvgIpc) is 3.78. The predicted octanol–water partition coefficient (Wildman–Crippen LogP) is 4.85. The summed E-state index contributed by atoms with van der Waals surface area (Å²) in [6.45, 7) is 0.806. The highest BCUT2D eigenvalue weighted by Gasteiger charge is 2.63. The first kappa shape index (κ1) is 32.0. The first-order chi connectivity index (χ1) is 22.1. The second-order valence-corrected chi connectivity index (χ2v) is 13.7. The van der Waals surface area contributed by atoms with Crippen molar-refractivity contribution in [1.82, 2.24) is 14.8 Å². The molecule has 4 aromatic rings. The van der Waals surface area contributed by atoms with Gasteiger partial charge in [-0.05, 0) is 80.7 Å². The average molecular weight is 667 g/mol. The van der Waals surface area contributed by atoms with E-state index in [4.69, 9.17) is 30.2 Å². The smallest absolute Gasteiger partial charge is 0.271 e. The number of nitrogens with zero attached hydrogens (tertiary/aromatic N) is 4. The van der Waals surface area contributed by atoms with E-state index in [2.05, 4.69) is 4.98 Å². The van der Waals surface area contributed by atoms with E-state index in [-0.39, 0.29) is 23.2 Å². The Hall–Kier alpha value is -3.94. The lowest BCUT2D eigenvalue weighted by Crippen LogP contribution is -2.55. The van der Waals surface area contributed by atoms with Gasteiger partial charge in [-0.25, -0.2) is 17.7 Å². The van der Waals surface area contributed by atoms with Gasteiger partial charge in [-0.15, -0.1) is 0 Å². The largest absolute Gasteiger partial charge is 0.497 e. The molecular formula is C33H35ClN4O7S. The first-order valence-corrected chi connectivity index (χ1v) is 16.4. The van der Waals surface area contributed by atoms with Crippen molar-refractivity contribution in [1.29, 1.82) is 0 Å². The molecule has 0 saturated carbocycles. The number of hydrogen-bond acceptors (Lipinski definition) is 10. The van der Waals surface area contributed by atoms with Gasteiger partial charge in [0.1, 0.15) is 17.8 Å². The molecular weight excluding hydrogens is 632 g/mol. The molecule has 0 aliphatic carbocycles. The predicted molar refractivity (Wildman–Crippen MR) is 172 cm³/mol. The summed E-state index contributed by atoms with van der Waals surface area (Å²) in [5, 5.41) is 0.332. The number of benzene rings is 3. The minimum Gasteiger partial charge on any atom is -0.497 e. The second kappa shape index (κ2) is 12.3. The topological polar surface area (TPSA) is 115 Å². The van der Waals surface area contributed by atoms with Gasteiger partial charge in [-0.3, -0.25) is 9.69 Å². The minimum absolute atomic E-state index is 0.0767. The molecule has 3 atom stereocenters. The SMILES string of the molecule is COc1ccc(S(=O)(=O)N2C(=O)C(c3cc(CN(C)C)ccc3OC)(N3CC(OC)CC3c3ncco3)c3cc(Cl)ccc32)cc1. The summed E-state index contributed by atoms with van der Waals surface area (Å²) < 4.78 is 52.8. The van der Waals surface area contributed by atoms with Gasteiger partial charge >= 0.3 is 0 Å². The zero-order valence-electron chi connectivity index (χ0n) is 26.1. The third-order valence-electron chi connectivity index (χ3n) is 8.57. The van der Waals surface area contributed by atoms with Gasteiger partial charge in [0.15, 0.2) is 5.54 Å². The van der Waals surface area contributed by atoms with Crippen molar-refractivity contribution in [2.24, 2.45) is 0 Å². The standard InChI is InChI=1S/C33H35ClN4O7S/c1-36(2)19-21-6-13-30(44-5)27(16-21)33(37-20-24(43-4)18-29(37)31-35-14-15-45-31)26-17-22(34)7-12-28(26)38(32(33)39)46(40,41)25-10-8-23(42-3)9-11-25/h6-17,24,29H,18-20H2,1-5H3. The van der Waals surface area contributed by atoms with Crippen LogP contribution in [-0.4, -0.2) is 77.2 Å². The van der Waals surface area contributed by atoms with Crippen LogP contribution in [0.1, 0.15) is 35.0 Å². The van der Waals surface area contributed by atoms with Crippen molar-refractivity contribution >= 4 is 33.2 Å². The number of aromatic nitrogens is 1. The third-order valence-corrected chi connectivity index (χ3v) is 10.5. The van der Waals surface area contributed by atoms with E-state index in [1.807, 2.05) is 36.0 Å². The molecule has 242 valence electrons. The van der Waals surface area contributed by atoms with E-state index in [1.54, 1.807) is 49.7 Å². The van der Waals surface area contributed by atoms with Gasteiger partial charge in [-0.1, -0.05) is 17.7 Å². The molecule has 1 saturated heterocycles. The van der Waals surface area contributed by atoms with Crippen LogP contribution in [0.3, 0.4) is 0 Å². The van der Waals surface area contributed by atoms with Crippen molar-refractivity contribution < 1.29 is 31.8 Å². The Labute approximate surface area is 273 Å². The Morgan fingerprint density at radius 2 is 1.78 bits per heavy atom. The molecule has 0 bridgehead atoms. The Bertz CT molecular complexity index is 1850. The van der Waals surface area contributed by atoms with Crippen LogP contribution in [0, 0.1) is 0 Å². The number of anilines is 1. The van der Waals surface area contributed by atoms with E-state index in [0.29, 0.717) is 46.5 Å². The Kier molecular flexibility index (Phi) is 8.59. The van der Waals surface area contributed by atoms with Crippen molar-refractivity contribution in [2.45, 2.75) is 35.5 Å². The number of carbonyl (C=O) groups is 1. The van der Waals surface area contributed by atoms with Gasteiger partial charge in [-0.2, -0.15) is 0 Å². The van der Waals surface area contributed by atoms with Crippen LogP contribution < -0.4 is 13.8 Å². The number of sulfonamides is 1. The van der Waals surface area contributed by atoms with Crippen LogP contribution in [0.15, 0.2) is 82.4 Å².